The minimum absolute atomic E-state index is 0.0467. The van der Waals surface area contributed by atoms with E-state index in [2.05, 4.69) is 22.2 Å². The zero-order valence-electron chi connectivity index (χ0n) is 14.2. The minimum Gasteiger partial charge on any atom is -0.353 e. The normalized spacial score (nSPS) is 12.5. The second-order valence-corrected chi connectivity index (χ2v) is 6.06. The summed E-state index contributed by atoms with van der Waals surface area (Å²) < 4.78 is 0. The van der Waals surface area contributed by atoms with Crippen LogP contribution in [-0.4, -0.2) is 44.0 Å². The van der Waals surface area contributed by atoms with E-state index in [0.29, 0.717) is 17.5 Å². The largest absolute Gasteiger partial charge is 0.353 e. The van der Waals surface area contributed by atoms with Gasteiger partial charge in [-0.2, -0.15) is 0 Å². The van der Waals surface area contributed by atoms with E-state index in [4.69, 9.17) is 11.6 Å². The molecule has 0 saturated heterocycles. The summed E-state index contributed by atoms with van der Waals surface area (Å²) >= 11 is 6.22. The van der Waals surface area contributed by atoms with Crippen LogP contribution in [0.15, 0.2) is 41.4 Å². The van der Waals surface area contributed by atoms with E-state index >= 15 is 0 Å². The van der Waals surface area contributed by atoms with E-state index in [1.807, 2.05) is 38.1 Å². The molecule has 0 aliphatic carbocycles. The third-order valence-electron chi connectivity index (χ3n) is 3.15. The number of benzene rings is 1. The van der Waals surface area contributed by atoms with Crippen LogP contribution in [0.5, 0.6) is 0 Å². The summed E-state index contributed by atoms with van der Waals surface area (Å²) in [5.41, 5.74) is 1.95. The molecule has 126 valence electrons. The molecule has 0 saturated carbocycles. The van der Waals surface area contributed by atoms with Gasteiger partial charge in [-0.05, 0) is 25.5 Å². The van der Waals surface area contributed by atoms with Gasteiger partial charge in [0.1, 0.15) is 6.54 Å². The summed E-state index contributed by atoms with van der Waals surface area (Å²) in [5, 5.41) is 7.12. The van der Waals surface area contributed by atoms with Gasteiger partial charge in [0.05, 0.1) is 6.04 Å². The van der Waals surface area contributed by atoms with Crippen molar-refractivity contribution in [2.75, 3.05) is 27.2 Å². The number of likely N-dealkylation sites (N-methyl/N-ethyl adjacent to an activating group) is 1. The Balaban J connectivity index is 2.83. The van der Waals surface area contributed by atoms with Crippen molar-refractivity contribution in [3.8, 4) is 0 Å². The van der Waals surface area contributed by atoms with Crippen molar-refractivity contribution in [2.24, 2.45) is 4.99 Å². The predicted molar refractivity (Wildman–Crippen MR) is 96.8 cm³/mol. The van der Waals surface area contributed by atoms with Crippen LogP contribution in [0.4, 0.5) is 0 Å². The van der Waals surface area contributed by atoms with Crippen molar-refractivity contribution in [1.29, 1.82) is 0 Å². The highest BCUT2D eigenvalue weighted by Crippen LogP contribution is 2.21. The van der Waals surface area contributed by atoms with Crippen LogP contribution in [0.2, 0.25) is 5.02 Å². The molecule has 1 rings (SSSR count). The number of hydrogen-bond donors (Lipinski definition) is 2. The predicted octanol–water partition coefficient (Wildman–Crippen LogP) is 2.60. The van der Waals surface area contributed by atoms with Crippen molar-refractivity contribution < 1.29 is 4.79 Å². The molecule has 1 unspecified atom stereocenters. The first-order valence-corrected chi connectivity index (χ1v) is 7.83. The van der Waals surface area contributed by atoms with Crippen LogP contribution in [0.25, 0.3) is 0 Å². The Morgan fingerprint density at radius 1 is 1.39 bits per heavy atom. The van der Waals surface area contributed by atoms with E-state index in [0.717, 1.165) is 11.1 Å². The summed E-state index contributed by atoms with van der Waals surface area (Å²) in [7, 11) is 3.41. The monoisotopic (exact) mass is 336 g/mol. The number of halogens is 1. The van der Waals surface area contributed by atoms with Gasteiger partial charge < -0.3 is 15.5 Å². The third kappa shape index (κ3) is 6.74. The van der Waals surface area contributed by atoms with Gasteiger partial charge in [-0.15, -0.1) is 0 Å². The Labute approximate surface area is 143 Å². The number of guanidine groups is 1. The summed E-state index contributed by atoms with van der Waals surface area (Å²) in [5.74, 6) is 0.488. The van der Waals surface area contributed by atoms with Crippen LogP contribution in [0, 0.1) is 0 Å². The van der Waals surface area contributed by atoms with Crippen molar-refractivity contribution in [3.05, 3.63) is 47.0 Å². The minimum atomic E-state index is -0.0631. The van der Waals surface area contributed by atoms with Crippen LogP contribution >= 0.6 is 11.6 Å². The van der Waals surface area contributed by atoms with Gasteiger partial charge in [0, 0.05) is 25.7 Å². The highest BCUT2D eigenvalue weighted by Gasteiger charge is 2.12. The Morgan fingerprint density at radius 3 is 2.61 bits per heavy atom. The maximum absolute atomic E-state index is 11.7. The summed E-state index contributed by atoms with van der Waals surface area (Å²) in [6.07, 6.45) is 0. The van der Waals surface area contributed by atoms with Crippen LogP contribution in [0.3, 0.4) is 0 Å². The SMILES string of the molecule is C=C(C)CNC(=NCC(=O)N(C)C)NC(C)c1ccccc1Cl. The molecule has 0 spiro atoms. The second-order valence-electron chi connectivity index (χ2n) is 5.65. The second kappa shape index (κ2) is 9.20. The molecule has 0 aliphatic heterocycles. The lowest BCUT2D eigenvalue weighted by Gasteiger charge is -2.20. The molecule has 0 aromatic heterocycles. The van der Waals surface area contributed by atoms with Crippen LogP contribution in [0.1, 0.15) is 25.5 Å². The van der Waals surface area contributed by atoms with Gasteiger partial charge in [-0.3, -0.25) is 4.79 Å². The number of hydrogen-bond acceptors (Lipinski definition) is 2. The van der Waals surface area contributed by atoms with Gasteiger partial charge in [0.2, 0.25) is 5.91 Å². The molecule has 0 fully saturated rings. The average Bonchev–Trinajstić information content (AvgIpc) is 2.49. The molecule has 5 nitrogen and oxygen atoms in total. The zero-order valence-corrected chi connectivity index (χ0v) is 14.9. The number of rotatable bonds is 6. The first-order valence-electron chi connectivity index (χ1n) is 7.45. The van der Waals surface area contributed by atoms with Crippen molar-refractivity contribution in [1.82, 2.24) is 15.5 Å². The summed E-state index contributed by atoms with van der Waals surface area (Å²) in [6.45, 7) is 8.43. The number of aliphatic imine (C=N–C) groups is 1. The quantitative estimate of drug-likeness (QED) is 0.477. The smallest absolute Gasteiger partial charge is 0.243 e. The first-order chi connectivity index (χ1) is 10.8. The lowest BCUT2D eigenvalue weighted by atomic mass is 10.1. The summed E-state index contributed by atoms with van der Waals surface area (Å²) in [6, 6.07) is 7.59. The average molecular weight is 337 g/mol. The fourth-order valence-corrected chi connectivity index (χ4v) is 2.08. The molecular formula is C17H25ClN4O. The van der Waals surface area contributed by atoms with Crippen molar-refractivity contribution >= 4 is 23.5 Å². The fraction of sp³-hybridized carbons (Fsp3) is 0.412. The molecule has 0 heterocycles. The van der Waals surface area contributed by atoms with E-state index in [9.17, 15) is 4.79 Å². The highest BCUT2D eigenvalue weighted by molar-refractivity contribution is 6.31. The van der Waals surface area contributed by atoms with Gasteiger partial charge in [-0.25, -0.2) is 4.99 Å². The fourth-order valence-electron chi connectivity index (χ4n) is 1.78. The van der Waals surface area contributed by atoms with Crippen LogP contribution in [-0.2, 0) is 4.79 Å². The first kappa shape index (κ1) is 19.0. The topological polar surface area (TPSA) is 56.7 Å². The molecule has 2 N–H and O–H groups in total. The molecule has 0 radical (unpaired) electrons. The molecule has 1 aromatic rings. The molecule has 1 atom stereocenters. The lowest BCUT2D eigenvalue weighted by Crippen LogP contribution is -2.40. The van der Waals surface area contributed by atoms with Gasteiger partial charge in [0.25, 0.3) is 0 Å². The van der Waals surface area contributed by atoms with Gasteiger partial charge in [0.15, 0.2) is 5.96 Å². The molecule has 0 aliphatic rings. The number of carbonyl (C=O) groups excluding carboxylic acids is 1. The number of carbonyl (C=O) groups is 1. The number of amides is 1. The molecule has 23 heavy (non-hydrogen) atoms. The molecule has 1 aromatic carbocycles. The van der Waals surface area contributed by atoms with E-state index < -0.39 is 0 Å². The Bertz CT molecular complexity index is 584. The lowest BCUT2D eigenvalue weighted by molar-refractivity contribution is -0.127. The highest BCUT2D eigenvalue weighted by atomic mass is 35.5. The Morgan fingerprint density at radius 2 is 2.04 bits per heavy atom. The van der Waals surface area contributed by atoms with Crippen molar-refractivity contribution in [3.63, 3.8) is 0 Å². The Hall–Kier alpha value is -2.01. The Kier molecular flexibility index (Phi) is 7.62. The number of nitrogens with one attached hydrogen (secondary N) is 2. The maximum Gasteiger partial charge on any atom is 0.243 e. The van der Waals surface area contributed by atoms with E-state index in [1.165, 1.54) is 4.90 Å². The summed E-state index contributed by atoms with van der Waals surface area (Å²) in [4.78, 5) is 17.6. The molecule has 0 bridgehead atoms. The van der Waals surface area contributed by atoms with Gasteiger partial charge >= 0.3 is 0 Å². The molecule has 1 amide bonds. The van der Waals surface area contributed by atoms with E-state index in [-0.39, 0.29) is 18.5 Å². The molecule has 6 heteroatoms. The van der Waals surface area contributed by atoms with Crippen LogP contribution < -0.4 is 10.6 Å². The maximum atomic E-state index is 11.7. The standard InChI is InChI=1S/C17H25ClN4O/c1-12(2)10-19-17(20-11-16(23)22(4)5)21-13(3)14-8-6-7-9-15(14)18/h6-9,13H,1,10-11H2,2-5H3,(H2,19,20,21). The molecular weight excluding hydrogens is 312 g/mol. The van der Waals surface area contributed by atoms with E-state index in [1.54, 1.807) is 14.1 Å². The van der Waals surface area contributed by atoms with Gasteiger partial charge in [-0.1, -0.05) is 42.0 Å². The number of nitrogens with zero attached hydrogens (tertiary/aromatic N) is 2. The zero-order chi connectivity index (χ0) is 17.4. The third-order valence-corrected chi connectivity index (χ3v) is 3.50. The van der Waals surface area contributed by atoms with Crippen molar-refractivity contribution in [2.45, 2.75) is 19.9 Å².